The molecular formula is C20H42N4O2. The number of carbonyl (C=O) groups excluding carboxylic acids is 2. The quantitative estimate of drug-likeness (QED) is 0.552. The molecule has 0 aromatic carbocycles. The van der Waals surface area contributed by atoms with Gasteiger partial charge in [-0.2, -0.15) is 0 Å². The van der Waals surface area contributed by atoms with Crippen molar-refractivity contribution < 1.29 is 9.59 Å². The highest BCUT2D eigenvalue weighted by molar-refractivity contribution is 5.78. The minimum Gasteiger partial charge on any atom is -0.354 e. The number of nitrogens with zero attached hydrogens (tertiary/aromatic N) is 2. The fraction of sp³-hybridized carbons (Fsp3) is 0.900. The summed E-state index contributed by atoms with van der Waals surface area (Å²) in [5.74, 6) is 0.147. The Balaban J connectivity index is 5.08. The van der Waals surface area contributed by atoms with Crippen LogP contribution in [0.4, 0.5) is 0 Å². The van der Waals surface area contributed by atoms with Crippen molar-refractivity contribution in [2.75, 3.05) is 41.3 Å². The minimum atomic E-state index is -0.253. The van der Waals surface area contributed by atoms with Gasteiger partial charge in [0.15, 0.2) is 0 Å². The van der Waals surface area contributed by atoms with E-state index in [-0.39, 0.29) is 28.8 Å². The monoisotopic (exact) mass is 370 g/mol. The van der Waals surface area contributed by atoms with E-state index in [0.717, 1.165) is 25.8 Å². The summed E-state index contributed by atoms with van der Waals surface area (Å²) in [6.45, 7) is 11.5. The highest BCUT2D eigenvalue weighted by atomic mass is 16.2. The lowest BCUT2D eigenvalue weighted by Crippen LogP contribution is -2.54. The van der Waals surface area contributed by atoms with Crippen molar-refractivity contribution in [3.05, 3.63) is 0 Å². The normalized spacial score (nSPS) is 16.5. The van der Waals surface area contributed by atoms with Crippen LogP contribution in [0, 0.1) is 5.92 Å². The first-order chi connectivity index (χ1) is 11.8. The lowest BCUT2D eigenvalue weighted by Gasteiger charge is -2.41. The van der Waals surface area contributed by atoms with E-state index in [1.54, 1.807) is 0 Å². The average molecular weight is 371 g/mol. The summed E-state index contributed by atoms with van der Waals surface area (Å²) in [6.07, 6.45) is 3.13. The highest BCUT2D eigenvalue weighted by Gasteiger charge is 2.33. The van der Waals surface area contributed by atoms with Crippen LogP contribution in [0.25, 0.3) is 0 Å². The van der Waals surface area contributed by atoms with Crippen molar-refractivity contribution in [2.24, 2.45) is 5.92 Å². The van der Waals surface area contributed by atoms with Crippen molar-refractivity contribution in [1.29, 1.82) is 0 Å². The standard InChI is InChI=1S/C20H42N4O2/c1-10-17(25)22-19(4,13-14-23(6)7)11-12-20(5,24(8)9)15-21-18(26)16(2)3/h16H,10-15H2,1-9H3,(H,21,26)(H,22,25). The third-order valence-electron chi connectivity index (χ3n) is 5.34. The lowest BCUT2D eigenvalue weighted by molar-refractivity contribution is -0.124. The van der Waals surface area contributed by atoms with Gasteiger partial charge in [-0.25, -0.2) is 0 Å². The van der Waals surface area contributed by atoms with Crippen LogP contribution in [0.3, 0.4) is 0 Å². The fourth-order valence-electron chi connectivity index (χ4n) is 2.64. The molecule has 0 radical (unpaired) electrons. The summed E-state index contributed by atoms with van der Waals surface area (Å²) in [5.41, 5.74) is -0.419. The molecule has 154 valence electrons. The summed E-state index contributed by atoms with van der Waals surface area (Å²) in [5, 5.41) is 6.29. The maximum absolute atomic E-state index is 12.0. The number of hydrogen-bond acceptors (Lipinski definition) is 4. The van der Waals surface area contributed by atoms with Crippen LogP contribution in [-0.4, -0.2) is 74.0 Å². The Bertz CT molecular complexity index is 451. The summed E-state index contributed by atoms with van der Waals surface area (Å²) in [7, 11) is 8.19. The van der Waals surface area contributed by atoms with E-state index in [4.69, 9.17) is 0 Å². The molecule has 2 unspecified atom stereocenters. The summed E-state index contributed by atoms with van der Waals surface area (Å²) >= 11 is 0. The number of carbonyl (C=O) groups is 2. The molecule has 0 spiro atoms. The average Bonchev–Trinajstić information content (AvgIpc) is 2.55. The second-order valence-electron chi connectivity index (χ2n) is 8.78. The van der Waals surface area contributed by atoms with Gasteiger partial charge in [-0.3, -0.25) is 9.59 Å². The first-order valence-corrected chi connectivity index (χ1v) is 9.76. The number of likely N-dealkylation sites (N-methyl/N-ethyl adjacent to an activating group) is 1. The summed E-state index contributed by atoms with van der Waals surface area (Å²) in [4.78, 5) is 28.3. The van der Waals surface area contributed by atoms with Crippen LogP contribution in [0.15, 0.2) is 0 Å². The number of nitrogens with one attached hydrogen (secondary N) is 2. The van der Waals surface area contributed by atoms with Gasteiger partial charge in [0.05, 0.1) is 0 Å². The second kappa shape index (κ2) is 10.9. The zero-order chi connectivity index (χ0) is 20.5. The van der Waals surface area contributed by atoms with Crippen LogP contribution in [0.5, 0.6) is 0 Å². The molecule has 0 saturated carbocycles. The predicted octanol–water partition coefficient (Wildman–Crippen LogP) is 2.10. The van der Waals surface area contributed by atoms with E-state index in [2.05, 4.69) is 34.3 Å². The third-order valence-corrected chi connectivity index (χ3v) is 5.34. The van der Waals surface area contributed by atoms with Crippen LogP contribution >= 0.6 is 0 Å². The Kier molecular flexibility index (Phi) is 10.4. The zero-order valence-electron chi connectivity index (χ0n) is 18.5. The van der Waals surface area contributed by atoms with Crippen LogP contribution in [0.2, 0.25) is 0 Å². The van der Waals surface area contributed by atoms with Gasteiger partial charge in [-0.05, 0) is 67.8 Å². The Labute approximate surface area is 161 Å². The number of amides is 2. The molecule has 2 atom stereocenters. The van der Waals surface area contributed by atoms with Gasteiger partial charge in [0.1, 0.15) is 0 Å². The molecule has 0 heterocycles. The van der Waals surface area contributed by atoms with Crippen molar-refractivity contribution in [3.63, 3.8) is 0 Å². The van der Waals surface area contributed by atoms with Crippen LogP contribution in [0.1, 0.15) is 60.3 Å². The van der Waals surface area contributed by atoms with Crippen LogP contribution < -0.4 is 10.6 Å². The molecule has 2 amide bonds. The summed E-state index contributed by atoms with van der Waals surface area (Å²) in [6, 6.07) is 0. The highest BCUT2D eigenvalue weighted by Crippen LogP contribution is 2.26. The first kappa shape index (κ1) is 24.9. The Hall–Kier alpha value is -1.14. The molecule has 0 bridgehead atoms. The molecule has 0 aromatic heterocycles. The van der Waals surface area contributed by atoms with E-state index in [9.17, 15) is 9.59 Å². The molecule has 0 aliphatic carbocycles. The van der Waals surface area contributed by atoms with Gasteiger partial charge in [0, 0.05) is 30.0 Å². The van der Waals surface area contributed by atoms with Gasteiger partial charge in [0.2, 0.25) is 11.8 Å². The van der Waals surface area contributed by atoms with Gasteiger partial charge in [0.25, 0.3) is 0 Å². The largest absolute Gasteiger partial charge is 0.354 e. The van der Waals surface area contributed by atoms with Crippen molar-refractivity contribution >= 4 is 11.8 Å². The molecule has 0 aliphatic heterocycles. The number of hydrogen-bond donors (Lipinski definition) is 2. The number of rotatable bonds is 12. The lowest BCUT2D eigenvalue weighted by atomic mass is 9.84. The first-order valence-electron chi connectivity index (χ1n) is 9.76. The third kappa shape index (κ3) is 8.99. The summed E-state index contributed by atoms with van der Waals surface area (Å²) < 4.78 is 0. The van der Waals surface area contributed by atoms with E-state index < -0.39 is 0 Å². The van der Waals surface area contributed by atoms with Crippen molar-refractivity contribution in [2.45, 2.75) is 71.4 Å². The van der Waals surface area contributed by atoms with E-state index >= 15 is 0 Å². The van der Waals surface area contributed by atoms with Gasteiger partial charge < -0.3 is 20.4 Å². The van der Waals surface area contributed by atoms with Gasteiger partial charge in [-0.1, -0.05) is 20.8 Å². The van der Waals surface area contributed by atoms with Gasteiger partial charge >= 0.3 is 0 Å². The van der Waals surface area contributed by atoms with Crippen molar-refractivity contribution in [1.82, 2.24) is 20.4 Å². The SMILES string of the molecule is CCC(=O)NC(C)(CCN(C)C)CCC(C)(CNC(=O)C(C)C)N(C)C. The molecule has 26 heavy (non-hydrogen) atoms. The second-order valence-corrected chi connectivity index (χ2v) is 8.78. The Morgan fingerprint density at radius 2 is 1.58 bits per heavy atom. The fourth-order valence-corrected chi connectivity index (χ4v) is 2.64. The maximum Gasteiger partial charge on any atom is 0.222 e. The Morgan fingerprint density at radius 3 is 2.00 bits per heavy atom. The molecular weight excluding hydrogens is 328 g/mol. The zero-order valence-corrected chi connectivity index (χ0v) is 18.5. The van der Waals surface area contributed by atoms with Crippen molar-refractivity contribution in [3.8, 4) is 0 Å². The molecule has 0 saturated heterocycles. The van der Waals surface area contributed by atoms with E-state index in [0.29, 0.717) is 13.0 Å². The molecule has 0 aliphatic rings. The molecule has 6 nitrogen and oxygen atoms in total. The molecule has 2 N–H and O–H groups in total. The predicted molar refractivity (Wildman–Crippen MR) is 109 cm³/mol. The van der Waals surface area contributed by atoms with Crippen LogP contribution in [-0.2, 0) is 9.59 Å². The Morgan fingerprint density at radius 1 is 1.00 bits per heavy atom. The maximum atomic E-state index is 12.0. The molecule has 0 rings (SSSR count). The minimum absolute atomic E-state index is 0.0180. The smallest absolute Gasteiger partial charge is 0.222 e. The topological polar surface area (TPSA) is 64.7 Å². The van der Waals surface area contributed by atoms with E-state index in [1.165, 1.54) is 0 Å². The molecule has 0 fully saturated rings. The molecule has 6 heteroatoms. The van der Waals surface area contributed by atoms with E-state index in [1.807, 2.05) is 49.0 Å². The molecule has 0 aromatic rings. The van der Waals surface area contributed by atoms with Gasteiger partial charge in [-0.15, -0.1) is 0 Å².